The number of amides is 2. The van der Waals surface area contributed by atoms with E-state index in [0.717, 1.165) is 58.5 Å². The van der Waals surface area contributed by atoms with E-state index in [1.165, 1.54) is 11.1 Å². The Morgan fingerprint density at radius 2 is 1.85 bits per heavy atom. The summed E-state index contributed by atoms with van der Waals surface area (Å²) in [6.45, 7) is 11.6. The Hall–Kier alpha value is -1.59. The first-order chi connectivity index (χ1) is 12.6. The van der Waals surface area contributed by atoms with Crippen LogP contribution in [0, 0.1) is 5.92 Å². The molecule has 1 fully saturated rings. The van der Waals surface area contributed by atoms with Gasteiger partial charge in [-0.25, -0.2) is 4.79 Å². The summed E-state index contributed by atoms with van der Waals surface area (Å²) in [5.74, 6) is 0.713. The highest BCUT2D eigenvalue weighted by atomic mass is 16.2. The third-order valence-electron chi connectivity index (χ3n) is 5.47. The number of urea groups is 1. The minimum atomic E-state index is -0.00952. The fourth-order valence-electron chi connectivity index (χ4n) is 4.09. The van der Waals surface area contributed by atoms with Gasteiger partial charge in [0.25, 0.3) is 0 Å². The molecule has 3 rings (SSSR count). The Kier molecular flexibility index (Phi) is 6.92. The maximum absolute atomic E-state index is 12.2. The monoisotopic (exact) mass is 358 g/mol. The van der Waals surface area contributed by atoms with Gasteiger partial charge in [-0.3, -0.25) is 4.90 Å². The second-order valence-electron chi connectivity index (χ2n) is 8.16. The van der Waals surface area contributed by atoms with Crippen LogP contribution in [0.1, 0.15) is 37.8 Å². The first-order valence-corrected chi connectivity index (χ1v) is 10.2. The highest BCUT2D eigenvalue weighted by Crippen LogP contribution is 2.17. The lowest BCUT2D eigenvalue weighted by Gasteiger charge is -2.33. The second kappa shape index (κ2) is 9.38. The zero-order chi connectivity index (χ0) is 18.4. The van der Waals surface area contributed by atoms with E-state index in [-0.39, 0.29) is 6.03 Å². The van der Waals surface area contributed by atoms with Crippen LogP contribution >= 0.6 is 0 Å². The van der Waals surface area contributed by atoms with Crippen molar-refractivity contribution in [1.29, 1.82) is 0 Å². The summed E-state index contributed by atoms with van der Waals surface area (Å²) in [4.78, 5) is 17.1. The molecular formula is C21H34N4O. The molecule has 0 unspecified atom stereocenters. The fraction of sp³-hybridized carbons (Fsp3) is 0.667. The van der Waals surface area contributed by atoms with Crippen LogP contribution in [0.4, 0.5) is 4.79 Å². The molecule has 1 aromatic carbocycles. The Bertz CT molecular complexity index is 581. The normalized spacial score (nSPS) is 19.3. The number of hydrogen-bond donors (Lipinski definition) is 2. The molecule has 0 aliphatic carbocycles. The maximum atomic E-state index is 12.2. The van der Waals surface area contributed by atoms with Crippen LogP contribution < -0.4 is 10.6 Å². The van der Waals surface area contributed by atoms with Crippen LogP contribution in [-0.4, -0.2) is 61.1 Å². The number of benzene rings is 1. The van der Waals surface area contributed by atoms with E-state index in [2.05, 4.69) is 58.5 Å². The highest BCUT2D eigenvalue weighted by molar-refractivity contribution is 5.74. The van der Waals surface area contributed by atoms with Gasteiger partial charge in [-0.2, -0.15) is 0 Å². The van der Waals surface area contributed by atoms with E-state index in [1.54, 1.807) is 0 Å². The third kappa shape index (κ3) is 5.71. The third-order valence-corrected chi connectivity index (χ3v) is 5.47. The molecule has 2 aliphatic heterocycles. The molecule has 2 heterocycles. The van der Waals surface area contributed by atoms with Crippen molar-refractivity contribution in [2.75, 3.05) is 39.3 Å². The highest BCUT2D eigenvalue weighted by Gasteiger charge is 2.21. The van der Waals surface area contributed by atoms with Gasteiger partial charge < -0.3 is 15.5 Å². The number of piperidine rings is 1. The van der Waals surface area contributed by atoms with Crippen molar-refractivity contribution in [3.8, 4) is 0 Å². The molecule has 5 heteroatoms. The number of carbonyl (C=O) groups excluding carboxylic acids is 1. The van der Waals surface area contributed by atoms with E-state index >= 15 is 0 Å². The van der Waals surface area contributed by atoms with Crippen molar-refractivity contribution < 1.29 is 4.79 Å². The Morgan fingerprint density at radius 1 is 1.12 bits per heavy atom. The van der Waals surface area contributed by atoms with Crippen molar-refractivity contribution >= 4 is 6.03 Å². The molecule has 0 bridgehead atoms. The quantitative estimate of drug-likeness (QED) is 0.821. The van der Waals surface area contributed by atoms with Gasteiger partial charge in [0, 0.05) is 51.9 Å². The van der Waals surface area contributed by atoms with Crippen molar-refractivity contribution in [2.45, 2.75) is 45.7 Å². The van der Waals surface area contributed by atoms with E-state index in [0.29, 0.717) is 18.5 Å². The van der Waals surface area contributed by atoms with Gasteiger partial charge >= 0.3 is 6.03 Å². The van der Waals surface area contributed by atoms with Gasteiger partial charge in [0.1, 0.15) is 0 Å². The topological polar surface area (TPSA) is 47.6 Å². The smallest absolute Gasteiger partial charge is 0.315 e. The van der Waals surface area contributed by atoms with Crippen molar-refractivity contribution in [3.05, 3.63) is 35.4 Å². The largest absolute Gasteiger partial charge is 0.337 e. The summed E-state index contributed by atoms with van der Waals surface area (Å²) in [5.41, 5.74) is 2.90. The lowest BCUT2D eigenvalue weighted by molar-refractivity contribution is 0.177. The summed E-state index contributed by atoms with van der Waals surface area (Å²) in [6, 6.07) is 8.98. The molecule has 0 radical (unpaired) electrons. The zero-order valence-electron chi connectivity index (χ0n) is 16.3. The summed E-state index contributed by atoms with van der Waals surface area (Å²) in [5, 5.41) is 6.19. The second-order valence-corrected chi connectivity index (χ2v) is 8.16. The molecule has 5 nitrogen and oxygen atoms in total. The number of nitrogens with one attached hydrogen (secondary N) is 2. The number of carbonyl (C=O) groups is 1. The molecule has 0 atom stereocenters. The average Bonchev–Trinajstić information content (AvgIpc) is 2.63. The first kappa shape index (κ1) is 19.2. The van der Waals surface area contributed by atoms with Gasteiger partial charge in [-0.05, 0) is 36.3 Å². The lowest BCUT2D eigenvalue weighted by Crippen LogP contribution is -2.49. The Labute approximate surface area is 158 Å². The van der Waals surface area contributed by atoms with Crippen LogP contribution in [0.2, 0.25) is 0 Å². The number of nitrogens with zero attached hydrogens (tertiary/aromatic N) is 2. The summed E-state index contributed by atoms with van der Waals surface area (Å²) in [7, 11) is 0. The molecule has 0 spiro atoms. The number of fused-ring (bicyclic) bond motifs is 1. The van der Waals surface area contributed by atoms with Crippen molar-refractivity contribution in [3.63, 3.8) is 0 Å². The summed E-state index contributed by atoms with van der Waals surface area (Å²) >= 11 is 0. The molecule has 2 aliphatic rings. The van der Waals surface area contributed by atoms with Crippen LogP contribution in [0.5, 0.6) is 0 Å². The molecule has 2 N–H and O–H groups in total. The zero-order valence-corrected chi connectivity index (χ0v) is 16.3. The number of rotatable bonds is 6. The minimum absolute atomic E-state index is 0.00952. The SMILES string of the molecule is CC(C)CN1CCC(NC(=O)NCCN2CCc3ccccc3C2)CC1. The van der Waals surface area contributed by atoms with Crippen LogP contribution in [0.15, 0.2) is 24.3 Å². The number of hydrogen-bond acceptors (Lipinski definition) is 3. The van der Waals surface area contributed by atoms with E-state index in [4.69, 9.17) is 0 Å². The molecule has 0 aromatic heterocycles. The van der Waals surface area contributed by atoms with Crippen molar-refractivity contribution in [1.82, 2.24) is 20.4 Å². The van der Waals surface area contributed by atoms with Gasteiger partial charge in [-0.15, -0.1) is 0 Å². The first-order valence-electron chi connectivity index (χ1n) is 10.2. The molecule has 144 valence electrons. The molecule has 26 heavy (non-hydrogen) atoms. The van der Waals surface area contributed by atoms with Crippen LogP contribution in [-0.2, 0) is 13.0 Å². The molecular weight excluding hydrogens is 324 g/mol. The predicted molar refractivity (Wildman–Crippen MR) is 106 cm³/mol. The van der Waals surface area contributed by atoms with Crippen LogP contribution in [0.25, 0.3) is 0 Å². The summed E-state index contributed by atoms with van der Waals surface area (Å²) < 4.78 is 0. The summed E-state index contributed by atoms with van der Waals surface area (Å²) in [6.07, 6.45) is 3.23. The Balaban J connectivity index is 1.30. The van der Waals surface area contributed by atoms with Gasteiger partial charge in [0.2, 0.25) is 0 Å². The Morgan fingerprint density at radius 3 is 2.58 bits per heavy atom. The van der Waals surface area contributed by atoms with Gasteiger partial charge in [0.05, 0.1) is 0 Å². The minimum Gasteiger partial charge on any atom is -0.337 e. The molecule has 2 amide bonds. The molecule has 1 saturated heterocycles. The van der Waals surface area contributed by atoms with E-state index in [1.807, 2.05) is 0 Å². The maximum Gasteiger partial charge on any atom is 0.315 e. The lowest BCUT2D eigenvalue weighted by atomic mass is 10.00. The van der Waals surface area contributed by atoms with E-state index in [9.17, 15) is 4.79 Å². The predicted octanol–water partition coefficient (Wildman–Crippen LogP) is 2.46. The fourth-order valence-corrected chi connectivity index (χ4v) is 4.09. The van der Waals surface area contributed by atoms with Crippen molar-refractivity contribution in [2.24, 2.45) is 5.92 Å². The van der Waals surface area contributed by atoms with E-state index < -0.39 is 0 Å². The molecule has 1 aromatic rings. The van der Waals surface area contributed by atoms with Gasteiger partial charge in [-0.1, -0.05) is 38.1 Å². The van der Waals surface area contributed by atoms with Crippen LogP contribution in [0.3, 0.4) is 0 Å². The standard InChI is InChI=1S/C21H34N4O/c1-17(2)15-24-12-8-20(9-13-24)23-21(26)22-10-14-25-11-7-18-5-3-4-6-19(18)16-25/h3-6,17,20H,7-16H2,1-2H3,(H2,22,23,26). The molecule has 0 saturated carbocycles. The van der Waals surface area contributed by atoms with Gasteiger partial charge in [0.15, 0.2) is 0 Å². The number of likely N-dealkylation sites (tertiary alicyclic amines) is 1. The average molecular weight is 359 g/mol.